The van der Waals surface area contributed by atoms with E-state index in [1.54, 1.807) is 0 Å². The predicted molar refractivity (Wildman–Crippen MR) is 65.5 cm³/mol. The van der Waals surface area contributed by atoms with E-state index in [0.29, 0.717) is 19.1 Å². The molecule has 0 heterocycles. The smallest absolute Gasteiger partial charge is 0.119 e. The Kier molecular flexibility index (Phi) is 8.58. The van der Waals surface area contributed by atoms with Crippen molar-refractivity contribution in [1.82, 2.24) is 0 Å². The molecule has 1 rings (SSSR count). The van der Waals surface area contributed by atoms with Crippen LogP contribution >= 0.6 is 0 Å². The molecule has 0 unspecified atom stereocenters. The van der Waals surface area contributed by atoms with Crippen LogP contribution in [-0.2, 0) is 6.61 Å². The average molecular weight is 226 g/mol. The minimum Gasteiger partial charge on any atom is -0.494 e. The quantitative estimate of drug-likeness (QED) is 0.827. The molecule has 0 aromatic heterocycles. The molecule has 0 saturated heterocycles. The lowest BCUT2D eigenvalue weighted by Crippen LogP contribution is -1.91. The molecule has 3 heteroatoms. The number of benzene rings is 1. The Bertz CT molecular complexity index is 254. The maximum absolute atomic E-state index is 8.72. The van der Waals surface area contributed by atoms with E-state index in [9.17, 15) is 0 Å². The fourth-order valence-corrected chi connectivity index (χ4v) is 0.858. The van der Waals surface area contributed by atoms with Gasteiger partial charge in [-0.2, -0.15) is 0 Å². The summed E-state index contributed by atoms with van der Waals surface area (Å²) in [6.45, 7) is 6.96. The molecule has 0 bridgehead atoms. The van der Waals surface area contributed by atoms with Gasteiger partial charge in [0.1, 0.15) is 5.75 Å². The lowest BCUT2D eigenvalue weighted by molar-refractivity contribution is 0.248. The predicted octanol–water partition coefficient (Wildman–Crippen LogP) is 2.21. The van der Waals surface area contributed by atoms with Crippen LogP contribution in [0.2, 0.25) is 0 Å². The van der Waals surface area contributed by atoms with E-state index in [0.717, 1.165) is 11.3 Å². The van der Waals surface area contributed by atoms with Crippen LogP contribution in [0, 0.1) is 5.92 Å². The van der Waals surface area contributed by atoms with Crippen molar-refractivity contribution in [3.63, 3.8) is 0 Å². The topological polar surface area (TPSA) is 49.7 Å². The van der Waals surface area contributed by atoms with E-state index in [4.69, 9.17) is 14.9 Å². The van der Waals surface area contributed by atoms with E-state index in [2.05, 4.69) is 0 Å². The second-order valence-electron chi connectivity index (χ2n) is 3.81. The van der Waals surface area contributed by atoms with E-state index >= 15 is 0 Å². The molecule has 0 spiro atoms. The molecular weight excluding hydrogens is 204 g/mol. The molecule has 1 aromatic rings. The van der Waals surface area contributed by atoms with Crippen LogP contribution < -0.4 is 4.74 Å². The highest BCUT2D eigenvalue weighted by atomic mass is 16.5. The lowest BCUT2D eigenvalue weighted by Gasteiger charge is -2.02. The number of ether oxygens (including phenoxy) is 1. The molecule has 16 heavy (non-hydrogen) atoms. The van der Waals surface area contributed by atoms with Crippen molar-refractivity contribution in [3.05, 3.63) is 29.8 Å². The summed E-state index contributed by atoms with van der Waals surface area (Å²) in [4.78, 5) is 0. The fraction of sp³-hybridized carbons (Fsp3) is 0.538. The highest BCUT2D eigenvalue weighted by Crippen LogP contribution is 2.11. The van der Waals surface area contributed by atoms with Crippen LogP contribution in [0.1, 0.15) is 26.3 Å². The number of aliphatic hydroxyl groups excluding tert-OH is 2. The lowest BCUT2D eigenvalue weighted by atomic mass is 10.2. The van der Waals surface area contributed by atoms with Gasteiger partial charge in [0.2, 0.25) is 0 Å². The molecule has 0 amide bonds. The number of aliphatic hydroxyl groups is 2. The van der Waals surface area contributed by atoms with Gasteiger partial charge in [-0.05, 0) is 30.5 Å². The third-order valence-corrected chi connectivity index (χ3v) is 1.78. The molecule has 0 atom stereocenters. The Labute approximate surface area is 97.7 Å². The number of rotatable bonds is 4. The molecular formula is C13H22O3. The van der Waals surface area contributed by atoms with E-state index in [1.165, 1.54) is 0 Å². The summed E-state index contributed by atoms with van der Waals surface area (Å²) in [6, 6.07) is 7.42. The van der Waals surface area contributed by atoms with Gasteiger partial charge in [0.05, 0.1) is 13.2 Å². The van der Waals surface area contributed by atoms with Gasteiger partial charge < -0.3 is 14.9 Å². The molecule has 0 aliphatic rings. The second-order valence-corrected chi connectivity index (χ2v) is 3.81. The van der Waals surface area contributed by atoms with Crippen LogP contribution in [0.4, 0.5) is 0 Å². The zero-order valence-electron chi connectivity index (χ0n) is 10.3. The monoisotopic (exact) mass is 226 g/mol. The average Bonchev–Trinajstić information content (AvgIpc) is 2.31. The first-order valence-electron chi connectivity index (χ1n) is 5.57. The van der Waals surface area contributed by atoms with Gasteiger partial charge in [0.15, 0.2) is 0 Å². The summed E-state index contributed by atoms with van der Waals surface area (Å²) >= 11 is 0. The van der Waals surface area contributed by atoms with Crippen molar-refractivity contribution < 1.29 is 14.9 Å². The minimum absolute atomic E-state index is 0.0897. The van der Waals surface area contributed by atoms with Gasteiger partial charge in [-0.25, -0.2) is 0 Å². The maximum atomic E-state index is 8.72. The minimum atomic E-state index is 0.0897. The van der Waals surface area contributed by atoms with Crippen molar-refractivity contribution in [2.24, 2.45) is 5.92 Å². The zero-order chi connectivity index (χ0) is 12.4. The summed E-state index contributed by atoms with van der Waals surface area (Å²) in [6.07, 6.45) is 0. The molecule has 0 saturated carbocycles. The summed E-state index contributed by atoms with van der Waals surface area (Å²) in [5.74, 6) is 1.29. The van der Waals surface area contributed by atoms with Crippen molar-refractivity contribution in [2.75, 3.05) is 13.2 Å². The largest absolute Gasteiger partial charge is 0.494 e. The van der Waals surface area contributed by atoms with Crippen molar-refractivity contribution in [3.8, 4) is 5.75 Å². The Morgan fingerprint density at radius 3 is 1.94 bits per heavy atom. The Hall–Kier alpha value is -1.06. The third-order valence-electron chi connectivity index (χ3n) is 1.78. The molecule has 0 radical (unpaired) electrons. The third kappa shape index (κ3) is 7.26. The Morgan fingerprint density at radius 2 is 1.62 bits per heavy atom. The van der Waals surface area contributed by atoms with Gasteiger partial charge >= 0.3 is 0 Å². The molecule has 3 nitrogen and oxygen atoms in total. The summed E-state index contributed by atoms with van der Waals surface area (Å²) in [5.41, 5.74) is 0.911. The zero-order valence-corrected chi connectivity index (χ0v) is 10.3. The van der Waals surface area contributed by atoms with Gasteiger partial charge in [-0.15, -0.1) is 0 Å². The van der Waals surface area contributed by atoms with Gasteiger partial charge in [0.25, 0.3) is 0 Å². The van der Waals surface area contributed by atoms with Crippen molar-refractivity contribution in [2.45, 2.75) is 27.4 Å². The molecule has 0 fully saturated rings. The number of hydrogen-bond donors (Lipinski definition) is 2. The van der Waals surface area contributed by atoms with E-state index in [-0.39, 0.29) is 6.61 Å². The fourth-order valence-electron chi connectivity index (χ4n) is 0.858. The van der Waals surface area contributed by atoms with Crippen molar-refractivity contribution in [1.29, 1.82) is 0 Å². The number of hydrogen-bond acceptors (Lipinski definition) is 3. The SMILES string of the molecule is CC(C)CO.CCOc1ccc(CO)cc1. The molecule has 1 aromatic carbocycles. The summed E-state index contributed by atoms with van der Waals surface area (Å²) in [5, 5.41) is 16.9. The van der Waals surface area contributed by atoms with Gasteiger partial charge in [-0.1, -0.05) is 26.0 Å². The van der Waals surface area contributed by atoms with Crippen LogP contribution in [0.25, 0.3) is 0 Å². The van der Waals surface area contributed by atoms with Crippen LogP contribution in [0.3, 0.4) is 0 Å². The van der Waals surface area contributed by atoms with Crippen LogP contribution in [0.15, 0.2) is 24.3 Å². The normalized spacial score (nSPS) is 9.62. The van der Waals surface area contributed by atoms with Crippen LogP contribution in [0.5, 0.6) is 5.75 Å². The molecule has 92 valence electrons. The first-order chi connectivity index (χ1) is 7.63. The van der Waals surface area contributed by atoms with E-state index in [1.807, 2.05) is 45.0 Å². The first kappa shape index (κ1) is 14.9. The van der Waals surface area contributed by atoms with Gasteiger partial charge in [-0.3, -0.25) is 0 Å². The molecule has 2 N–H and O–H groups in total. The van der Waals surface area contributed by atoms with Crippen molar-refractivity contribution >= 4 is 0 Å². The Balaban J connectivity index is 0.000000385. The summed E-state index contributed by atoms with van der Waals surface area (Å²) < 4.78 is 5.22. The van der Waals surface area contributed by atoms with Gasteiger partial charge in [0, 0.05) is 6.61 Å². The first-order valence-corrected chi connectivity index (χ1v) is 5.57. The Morgan fingerprint density at radius 1 is 1.12 bits per heavy atom. The summed E-state index contributed by atoms with van der Waals surface area (Å²) in [7, 11) is 0. The maximum Gasteiger partial charge on any atom is 0.119 e. The second kappa shape index (κ2) is 9.19. The standard InChI is InChI=1S/C9H12O2.C4H10O/c1-2-11-9-5-3-8(7-10)4-6-9;1-4(2)3-5/h3-6,10H,2,7H2,1H3;4-5H,3H2,1-2H3. The molecule has 0 aliphatic heterocycles. The van der Waals surface area contributed by atoms with Crippen LogP contribution in [-0.4, -0.2) is 23.4 Å². The molecule has 0 aliphatic carbocycles. The highest BCUT2D eigenvalue weighted by Gasteiger charge is 1.91. The van der Waals surface area contributed by atoms with E-state index < -0.39 is 0 Å². The highest BCUT2D eigenvalue weighted by molar-refractivity contribution is 5.26.